The number of hydrogen-bond acceptors (Lipinski definition) is 6. The normalized spacial score (nSPS) is 19.8. The summed E-state index contributed by atoms with van der Waals surface area (Å²) >= 11 is 0. The van der Waals surface area contributed by atoms with Crippen LogP contribution >= 0.6 is 0 Å². The van der Waals surface area contributed by atoms with Crippen LogP contribution in [0, 0.1) is 0 Å². The van der Waals surface area contributed by atoms with Crippen LogP contribution in [-0.2, 0) is 39.4 Å². The molecule has 2 aromatic rings. The second-order valence-electron chi connectivity index (χ2n) is 18.7. The Labute approximate surface area is 341 Å². The molecule has 2 aliphatic heterocycles. The maximum Gasteiger partial charge on any atom is 0.503 e. The van der Waals surface area contributed by atoms with Gasteiger partial charge in [0.25, 0.3) is 0 Å². The molecule has 0 aromatic heterocycles. The Hall–Kier alpha value is -3.37. The number of aryl methyl sites for hydroxylation is 1. The van der Waals surface area contributed by atoms with Gasteiger partial charge in [-0.3, -0.25) is 19.5 Å². The summed E-state index contributed by atoms with van der Waals surface area (Å²) in [6.45, 7) is 24.4. The molecule has 1 fully saturated rings. The van der Waals surface area contributed by atoms with Crippen molar-refractivity contribution in [3.8, 4) is 11.5 Å². The molecule has 1 radical (unpaired) electrons. The predicted octanol–water partition coefficient (Wildman–Crippen LogP) is 9.68. The number of amidine groups is 1. The first-order valence-corrected chi connectivity index (χ1v) is 20.3. The third-order valence-electron chi connectivity index (χ3n) is 11.2. The van der Waals surface area contributed by atoms with Crippen LogP contribution in [0.1, 0.15) is 160 Å². The Bertz CT molecular complexity index is 1690. The van der Waals surface area contributed by atoms with E-state index in [2.05, 4.69) is 96.1 Å². The predicted molar refractivity (Wildman–Crippen MR) is 222 cm³/mol. The molecule has 1 aliphatic carbocycles. The van der Waals surface area contributed by atoms with Crippen LogP contribution in [0.2, 0.25) is 0 Å². The zero-order valence-electron chi connectivity index (χ0n) is 35.0. The molecule has 0 bridgehead atoms. The maximum atomic E-state index is 11.6. The van der Waals surface area contributed by atoms with E-state index in [1.807, 2.05) is 12.4 Å². The van der Waals surface area contributed by atoms with Gasteiger partial charge in [0.1, 0.15) is 11.5 Å². The van der Waals surface area contributed by atoms with Gasteiger partial charge in [-0.25, -0.2) is 4.79 Å². The molecule has 1 saturated carbocycles. The number of rotatable bonds is 8. The standard InChI is InChI=1S/C44H66N4O2.CH2O3.Co/c1-42(2,3)34-25-31(17-15-22-48-24-16-23-47-21-14-10-11-20-39(47)48)40(49)32(26-34)29-45-37-18-12-13-19-38(37)46-30-33-27-35(43(4,5)6)28-36(41(33)50)44(7,8)9;2-1(3)4;/h25-30,37-38H,10-24H2,1-9H3,(H-,45,46,49,50);(H2,2,3,4);/p+1/t37?,38-;;/m0../s1. The van der Waals surface area contributed by atoms with Crippen molar-refractivity contribution in [2.45, 2.75) is 161 Å². The molecule has 0 spiro atoms. The summed E-state index contributed by atoms with van der Waals surface area (Å²) in [5.41, 5.74) is 5.74. The van der Waals surface area contributed by atoms with E-state index in [9.17, 15) is 10.2 Å². The fourth-order valence-electron chi connectivity index (χ4n) is 7.92. The molecule has 307 valence electrons. The topological polar surface area (TPSA) is 129 Å². The molecule has 9 nitrogen and oxygen atoms in total. The summed E-state index contributed by atoms with van der Waals surface area (Å²) in [4.78, 5) is 21.4. The summed E-state index contributed by atoms with van der Waals surface area (Å²) in [6, 6.07) is 8.69. The molecular weight excluding hydrogens is 735 g/mol. The van der Waals surface area contributed by atoms with Crippen molar-refractivity contribution >= 4 is 24.4 Å². The van der Waals surface area contributed by atoms with Gasteiger partial charge in [-0.15, -0.1) is 0 Å². The zero-order valence-corrected chi connectivity index (χ0v) is 36.1. The Balaban J connectivity index is 0.00000155. The van der Waals surface area contributed by atoms with Gasteiger partial charge in [-0.2, -0.15) is 0 Å². The van der Waals surface area contributed by atoms with Gasteiger partial charge in [0.2, 0.25) is 5.84 Å². The average Bonchev–Trinajstić information content (AvgIpc) is 3.33. The Kier molecular flexibility index (Phi) is 16.5. The monoisotopic (exact) mass is 804 g/mol. The average molecular weight is 805 g/mol. The van der Waals surface area contributed by atoms with Crippen molar-refractivity contribution in [2.75, 3.05) is 26.2 Å². The third kappa shape index (κ3) is 13.1. The molecule has 0 saturated heterocycles. The molecule has 0 amide bonds. The molecule has 2 atom stereocenters. The number of phenolic OH excluding ortho intramolecular Hbond substituents is 2. The van der Waals surface area contributed by atoms with Gasteiger partial charge >= 0.3 is 6.16 Å². The number of benzene rings is 2. The van der Waals surface area contributed by atoms with E-state index in [0.29, 0.717) is 11.5 Å². The van der Waals surface area contributed by atoms with Crippen LogP contribution in [0.15, 0.2) is 34.3 Å². The molecule has 2 aromatic carbocycles. The van der Waals surface area contributed by atoms with Gasteiger partial charge in [0, 0.05) is 58.7 Å². The Morgan fingerprint density at radius 1 is 0.745 bits per heavy atom. The van der Waals surface area contributed by atoms with E-state index in [0.717, 1.165) is 73.9 Å². The van der Waals surface area contributed by atoms with Crippen LogP contribution in [0.5, 0.6) is 11.5 Å². The molecule has 55 heavy (non-hydrogen) atoms. The summed E-state index contributed by atoms with van der Waals surface area (Å²) in [5, 5.41) is 36.9. The first-order chi connectivity index (χ1) is 25.3. The molecule has 1 unspecified atom stereocenters. The number of hydrogen-bond donors (Lipinski definition) is 4. The van der Waals surface area contributed by atoms with Crippen molar-refractivity contribution in [2.24, 2.45) is 9.98 Å². The quantitative estimate of drug-likeness (QED) is 0.155. The van der Waals surface area contributed by atoms with Crippen LogP contribution in [0.3, 0.4) is 0 Å². The van der Waals surface area contributed by atoms with Crippen LogP contribution in [-0.4, -0.2) is 92.6 Å². The Morgan fingerprint density at radius 2 is 1.27 bits per heavy atom. The first-order valence-electron chi connectivity index (χ1n) is 20.3. The van der Waals surface area contributed by atoms with Gasteiger partial charge < -0.3 is 20.4 Å². The van der Waals surface area contributed by atoms with Crippen molar-refractivity contribution in [1.29, 1.82) is 0 Å². The van der Waals surface area contributed by atoms with Crippen LogP contribution < -0.4 is 0 Å². The minimum atomic E-state index is -1.83. The number of aliphatic imine (C=N–C) groups is 2. The van der Waals surface area contributed by atoms with Crippen molar-refractivity contribution in [3.63, 3.8) is 0 Å². The second-order valence-corrected chi connectivity index (χ2v) is 18.7. The number of carboxylic acid groups (broad SMARTS) is 2. The first kappa shape index (κ1) is 46.0. The van der Waals surface area contributed by atoms with Crippen molar-refractivity contribution < 1.29 is 46.6 Å². The van der Waals surface area contributed by atoms with E-state index in [-0.39, 0.29) is 45.1 Å². The molecular formula is C45H69CoN4O5+. The van der Waals surface area contributed by atoms with Crippen LogP contribution in [0.25, 0.3) is 0 Å². The summed E-state index contributed by atoms with van der Waals surface area (Å²) in [7, 11) is 0. The van der Waals surface area contributed by atoms with E-state index in [1.54, 1.807) is 5.84 Å². The molecule has 2 heterocycles. The smallest absolute Gasteiger partial charge is 0.503 e. The van der Waals surface area contributed by atoms with Gasteiger partial charge in [-0.1, -0.05) is 87.3 Å². The van der Waals surface area contributed by atoms with Crippen molar-refractivity contribution in [3.05, 3.63) is 57.6 Å². The Morgan fingerprint density at radius 3 is 1.82 bits per heavy atom. The summed E-state index contributed by atoms with van der Waals surface area (Å²) in [6.07, 6.45) is 14.4. The number of carbonyl (C=O) groups is 1. The number of aromatic hydroxyl groups is 2. The summed E-state index contributed by atoms with van der Waals surface area (Å²) in [5.74, 6) is 2.26. The zero-order chi connectivity index (χ0) is 39.8. The fraction of sp³-hybridized carbons (Fsp3) is 0.644. The summed E-state index contributed by atoms with van der Waals surface area (Å²) < 4.78 is 2.64. The number of nitrogens with zero attached hydrogens (tertiary/aromatic N) is 4. The molecule has 3 aliphatic rings. The minimum Gasteiger partial charge on any atom is -0.507 e. The van der Waals surface area contributed by atoms with Gasteiger partial charge in [0.05, 0.1) is 38.3 Å². The molecule has 10 heteroatoms. The second kappa shape index (κ2) is 19.7. The minimum absolute atomic E-state index is 0. The van der Waals surface area contributed by atoms with E-state index >= 15 is 0 Å². The number of phenols is 2. The third-order valence-corrected chi connectivity index (χ3v) is 11.2. The van der Waals surface area contributed by atoms with E-state index in [1.165, 1.54) is 56.3 Å². The maximum absolute atomic E-state index is 11.6. The fourth-order valence-corrected chi connectivity index (χ4v) is 7.92. The van der Waals surface area contributed by atoms with Crippen LogP contribution in [0.4, 0.5) is 4.79 Å². The largest absolute Gasteiger partial charge is 0.507 e. The van der Waals surface area contributed by atoms with E-state index in [4.69, 9.17) is 25.0 Å². The molecule has 5 rings (SSSR count). The van der Waals surface area contributed by atoms with E-state index < -0.39 is 6.16 Å². The van der Waals surface area contributed by atoms with Gasteiger partial charge in [0.15, 0.2) is 0 Å². The van der Waals surface area contributed by atoms with Crippen molar-refractivity contribution in [1.82, 2.24) is 4.90 Å². The van der Waals surface area contributed by atoms with Gasteiger partial charge in [-0.05, 0) is 90.0 Å². The molecule has 4 N–H and O–H groups in total. The SMILES string of the molecule is CC(C)(C)c1cc(C=NC2CCCC[C@@H]2N=Cc2cc(C(C)(C)C)cc(C(C)(C)C)c2O)c(O)c(CCCN2CCC[N+]3=C2CCCCC3)c1.O=C(O)O.[Co].